The van der Waals surface area contributed by atoms with Gasteiger partial charge in [0.25, 0.3) is 0 Å². The molecule has 0 aromatic carbocycles. The van der Waals surface area contributed by atoms with Crippen molar-refractivity contribution in [2.45, 2.75) is 205 Å². The molecule has 0 aliphatic rings. The number of aliphatic hydroxyl groups is 2. The first-order chi connectivity index (χ1) is 23.9. The zero-order valence-corrected chi connectivity index (χ0v) is 34.2. The zero-order valence-electron chi connectivity index (χ0n) is 33.3. The standard InChI is InChI=1S/C40H80NO8P/c1-6-8-10-12-14-16-18-20-22-24-26-28-30-32-37(43)40(39(45)36-42,49-50(46,47)48-35-34-41(3,4)5)38(44)33-31-29-27-25-23-21-19-17-15-13-11-9-7-2/h39,42,45H,6-36H2,1-5H3/p+1/t39-/m0/s1. The number of hydrogen-bond donors (Lipinski definition) is 3. The Morgan fingerprint density at radius 2 is 0.900 bits per heavy atom. The van der Waals surface area contributed by atoms with Crippen molar-refractivity contribution in [3.05, 3.63) is 0 Å². The molecule has 10 heteroatoms. The van der Waals surface area contributed by atoms with E-state index < -0.39 is 37.7 Å². The molecule has 2 atom stereocenters. The molecular formula is C40H81NO8P+. The van der Waals surface area contributed by atoms with Gasteiger partial charge in [-0.15, -0.1) is 0 Å². The van der Waals surface area contributed by atoms with Crippen LogP contribution in [0, 0.1) is 0 Å². The van der Waals surface area contributed by atoms with Crippen LogP contribution in [0.5, 0.6) is 0 Å². The molecule has 0 saturated carbocycles. The number of phosphoric ester groups is 1. The van der Waals surface area contributed by atoms with Gasteiger partial charge in [0.05, 0.1) is 27.7 Å². The summed E-state index contributed by atoms with van der Waals surface area (Å²) in [5.41, 5.74) is -2.65. The van der Waals surface area contributed by atoms with Crippen molar-refractivity contribution in [1.29, 1.82) is 0 Å². The van der Waals surface area contributed by atoms with Crippen molar-refractivity contribution in [3.63, 3.8) is 0 Å². The predicted molar refractivity (Wildman–Crippen MR) is 206 cm³/mol. The fourth-order valence-electron chi connectivity index (χ4n) is 6.43. The number of carbonyl (C=O) groups is 2. The summed E-state index contributed by atoms with van der Waals surface area (Å²) in [6.07, 6.45) is 27.2. The van der Waals surface area contributed by atoms with E-state index in [9.17, 15) is 29.3 Å². The Hall–Kier alpha value is -0.670. The summed E-state index contributed by atoms with van der Waals surface area (Å²) in [6.45, 7) is 3.73. The van der Waals surface area contributed by atoms with E-state index in [0.29, 0.717) is 23.9 Å². The average molecular weight is 735 g/mol. The second kappa shape index (κ2) is 30.8. The minimum Gasteiger partial charge on any atom is -0.394 e. The van der Waals surface area contributed by atoms with Gasteiger partial charge in [-0.05, 0) is 12.8 Å². The Bertz CT molecular complexity index is 836. The van der Waals surface area contributed by atoms with Crippen LogP contribution in [0.3, 0.4) is 0 Å². The Balaban J connectivity index is 5.06. The second-order valence-electron chi connectivity index (χ2n) is 15.7. The van der Waals surface area contributed by atoms with Gasteiger partial charge >= 0.3 is 7.82 Å². The van der Waals surface area contributed by atoms with Gasteiger partial charge in [-0.1, -0.05) is 168 Å². The van der Waals surface area contributed by atoms with Crippen molar-refractivity contribution in [2.24, 2.45) is 0 Å². The third-order valence-corrected chi connectivity index (χ3v) is 10.8. The average Bonchev–Trinajstić information content (AvgIpc) is 3.06. The largest absolute Gasteiger partial charge is 0.473 e. The van der Waals surface area contributed by atoms with Crippen molar-refractivity contribution in [2.75, 3.05) is 40.9 Å². The van der Waals surface area contributed by atoms with Crippen LogP contribution >= 0.6 is 7.82 Å². The number of quaternary nitrogens is 1. The van der Waals surface area contributed by atoms with Gasteiger partial charge in [0.15, 0.2) is 11.6 Å². The molecule has 0 radical (unpaired) electrons. The highest BCUT2D eigenvalue weighted by Gasteiger charge is 2.55. The SMILES string of the molecule is CCCCCCCCCCCCCCCC(=O)C(OP(=O)(O)OCC[N+](C)(C)C)(C(=O)CCCCCCCCCCCCCCC)[C@@H](O)CO. The molecule has 3 N–H and O–H groups in total. The molecular weight excluding hydrogens is 653 g/mol. The Labute approximate surface area is 307 Å². The van der Waals surface area contributed by atoms with E-state index in [2.05, 4.69) is 13.8 Å². The van der Waals surface area contributed by atoms with E-state index in [0.717, 1.165) is 51.4 Å². The summed E-state index contributed by atoms with van der Waals surface area (Å²) >= 11 is 0. The van der Waals surface area contributed by atoms with Crippen LogP contribution in [-0.2, 0) is 23.2 Å². The summed E-state index contributed by atoms with van der Waals surface area (Å²) in [7, 11) is 0.739. The zero-order chi connectivity index (χ0) is 37.6. The first-order valence-corrected chi connectivity index (χ1v) is 22.2. The smallest absolute Gasteiger partial charge is 0.394 e. The van der Waals surface area contributed by atoms with Crippen LogP contribution in [0.25, 0.3) is 0 Å². The number of unbranched alkanes of at least 4 members (excludes halogenated alkanes) is 24. The molecule has 0 aromatic rings. The summed E-state index contributed by atoms with van der Waals surface area (Å²) in [5.74, 6) is -1.54. The molecule has 1 unspecified atom stereocenters. The molecule has 0 heterocycles. The number of nitrogens with zero attached hydrogens (tertiary/aromatic N) is 1. The van der Waals surface area contributed by atoms with Gasteiger partial charge in [-0.2, -0.15) is 0 Å². The maximum atomic E-state index is 13.7. The third kappa shape index (κ3) is 25.3. The van der Waals surface area contributed by atoms with Crippen LogP contribution < -0.4 is 0 Å². The summed E-state index contributed by atoms with van der Waals surface area (Å²) in [5, 5.41) is 20.9. The van der Waals surface area contributed by atoms with Crippen LogP contribution in [-0.4, -0.2) is 83.8 Å². The van der Waals surface area contributed by atoms with Crippen LogP contribution in [0.2, 0.25) is 0 Å². The highest BCUT2D eigenvalue weighted by Crippen LogP contribution is 2.49. The highest BCUT2D eigenvalue weighted by atomic mass is 31.2. The Morgan fingerprint density at radius 3 is 1.18 bits per heavy atom. The summed E-state index contributed by atoms with van der Waals surface area (Å²) in [6, 6.07) is 0. The minimum atomic E-state index is -4.94. The normalized spacial score (nSPS) is 14.2. The van der Waals surface area contributed by atoms with Gasteiger partial charge in [-0.3, -0.25) is 18.6 Å². The van der Waals surface area contributed by atoms with Crippen LogP contribution in [0.1, 0.15) is 194 Å². The lowest BCUT2D eigenvalue weighted by atomic mass is 9.82. The molecule has 0 aliphatic carbocycles. The van der Waals surface area contributed by atoms with E-state index in [-0.39, 0.29) is 19.4 Å². The molecule has 9 nitrogen and oxygen atoms in total. The first kappa shape index (κ1) is 49.3. The molecule has 0 amide bonds. The highest BCUT2D eigenvalue weighted by molar-refractivity contribution is 7.47. The molecule has 0 fully saturated rings. The van der Waals surface area contributed by atoms with Crippen molar-refractivity contribution in [3.8, 4) is 0 Å². The number of aliphatic hydroxyl groups excluding tert-OH is 2. The number of rotatable bonds is 38. The van der Waals surface area contributed by atoms with E-state index >= 15 is 0 Å². The van der Waals surface area contributed by atoms with Gasteiger partial charge in [-0.25, -0.2) is 4.57 Å². The van der Waals surface area contributed by atoms with Crippen LogP contribution in [0.4, 0.5) is 0 Å². The number of phosphoric acid groups is 1. The molecule has 0 bridgehead atoms. The van der Waals surface area contributed by atoms with Gasteiger partial charge in [0, 0.05) is 12.8 Å². The molecule has 0 saturated heterocycles. The molecule has 0 spiro atoms. The van der Waals surface area contributed by atoms with Gasteiger partial charge < -0.3 is 19.6 Å². The second-order valence-corrected chi connectivity index (χ2v) is 17.1. The molecule has 298 valence electrons. The number of hydrogen-bond acceptors (Lipinski definition) is 7. The summed E-state index contributed by atoms with van der Waals surface area (Å²) in [4.78, 5) is 38.2. The third-order valence-electron chi connectivity index (χ3n) is 9.76. The molecule has 0 aliphatic heterocycles. The van der Waals surface area contributed by atoms with Crippen molar-refractivity contribution >= 4 is 19.4 Å². The number of likely N-dealkylation sites (N-methyl/N-ethyl adjacent to an activating group) is 1. The topological polar surface area (TPSA) is 130 Å². The summed E-state index contributed by atoms with van der Waals surface area (Å²) < 4.78 is 24.2. The van der Waals surface area contributed by atoms with Crippen molar-refractivity contribution < 1.29 is 42.8 Å². The lowest BCUT2D eigenvalue weighted by molar-refractivity contribution is -0.870. The fraction of sp³-hybridized carbons (Fsp3) is 0.950. The Kier molecular flexibility index (Phi) is 30.3. The van der Waals surface area contributed by atoms with Crippen molar-refractivity contribution in [1.82, 2.24) is 0 Å². The van der Waals surface area contributed by atoms with E-state index in [1.807, 2.05) is 21.1 Å². The number of Topliss-reactive ketones (excluding diaryl/α,β-unsaturated/α-hetero) is 2. The van der Waals surface area contributed by atoms with Gasteiger partial charge in [0.1, 0.15) is 19.3 Å². The van der Waals surface area contributed by atoms with Crippen LogP contribution in [0.15, 0.2) is 0 Å². The maximum absolute atomic E-state index is 13.7. The quantitative estimate of drug-likeness (QED) is 0.0247. The number of ketones is 2. The molecule has 0 rings (SSSR count). The minimum absolute atomic E-state index is 0.0992. The van der Waals surface area contributed by atoms with E-state index in [4.69, 9.17) is 9.05 Å². The monoisotopic (exact) mass is 735 g/mol. The predicted octanol–water partition coefficient (Wildman–Crippen LogP) is 10.0. The number of carbonyl (C=O) groups excluding carboxylic acids is 2. The molecule has 50 heavy (non-hydrogen) atoms. The van der Waals surface area contributed by atoms with E-state index in [1.54, 1.807) is 0 Å². The maximum Gasteiger partial charge on any atom is 0.473 e. The fourth-order valence-corrected chi connectivity index (χ4v) is 7.49. The first-order valence-electron chi connectivity index (χ1n) is 20.7. The Morgan fingerprint density at radius 1 is 0.600 bits per heavy atom. The lowest BCUT2D eigenvalue weighted by Gasteiger charge is -2.35. The molecule has 0 aromatic heterocycles. The van der Waals surface area contributed by atoms with Gasteiger partial charge in [0.2, 0.25) is 5.60 Å². The van der Waals surface area contributed by atoms with E-state index in [1.165, 1.54) is 103 Å². The lowest BCUT2D eigenvalue weighted by Crippen LogP contribution is -2.58.